The molecule has 19 heavy (non-hydrogen) atoms. The van der Waals surface area contributed by atoms with E-state index < -0.39 is 5.82 Å². The summed E-state index contributed by atoms with van der Waals surface area (Å²) >= 11 is 5.66. The Hall–Kier alpha value is -1.81. The van der Waals surface area contributed by atoms with Gasteiger partial charge in [0.05, 0.1) is 10.7 Å². The van der Waals surface area contributed by atoms with Crippen molar-refractivity contribution in [3.05, 3.63) is 59.1 Å². The summed E-state index contributed by atoms with van der Waals surface area (Å²) < 4.78 is 31.5. The third-order valence-electron chi connectivity index (χ3n) is 2.45. The quantitative estimate of drug-likeness (QED) is 0.834. The highest BCUT2D eigenvalue weighted by Gasteiger charge is 2.04. The van der Waals surface area contributed by atoms with E-state index in [1.54, 1.807) is 12.1 Å². The molecule has 0 amide bonds. The minimum absolute atomic E-state index is 0.0736. The van der Waals surface area contributed by atoms with Gasteiger partial charge in [0, 0.05) is 6.54 Å². The highest BCUT2D eigenvalue weighted by molar-refractivity contribution is 6.31. The van der Waals surface area contributed by atoms with E-state index >= 15 is 0 Å². The van der Waals surface area contributed by atoms with Gasteiger partial charge in [0.25, 0.3) is 0 Å². The minimum Gasteiger partial charge on any atom is -0.492 e. The molecular formula is C14H12ClF2NO. The van der Waals surface area contributed by atoms with Gasteiger partial charge in [-0.15, -0.1) is 0 Å². The van der Waals surface area contributed by atoms with Gasteiger partial charge in [-0.1, -0.05) is 17.7 Å². The number of hydrogen-bond acceptors (Lipinski definition) is 2. The molecule has 2 nitrogen and oxygen atoms in total. The third-order valence-corrected chi connectivity index (χ3v) is 2.74. The van der Waals surface area contributed by atoms with Gasteiger partial charge in [0.2, 0.25) is 0 Å². The molecule has 0 radical (unpaired) electrons. The van der Waals surface area contributed by atoms with Crippen LogP contribution in [0.25, 0.3) is 0 Å². The molecule has 1 N–H and O–H groups in total. The monoisotopic (exact) mass is 283 g/mol. The first kappa shape index (κ1) is 13.6. The van der Waals surface area contributed by atoms with Crippen LogP contribution in [-0.4, -0.2) is 13.2 Å². The van der Waals surface area contributed by atoms with Crippen molar-refractivity contribution < 1.29 is 13.5 Å². The van der Waals surface area contributed by atoms with E-state index in [0.29, 0.717) is 24.6 Å². The lowest BCUT2D eigenvalue weighted by molar-refractivity contribution is 0.332. The molecule has 0 saturated heterocycles. The molecule has 0 unspecified atom stereocenters. The van der Waals surface area contributed by atoms with Crippen LogP contribution < -0.4 is 10.1 Å². The molecule has 0 atom stereocenters. The first-order valence-electron chi connectivity index (χ1n) is 5.73. The highest BCUT2D eigenvalue weighted by Crippen LogP contribution is 2.21. The molecular weight excluding hydrogens is 272 g/mol. The van der Waals surface area contributed by atoms with E-state index in [1.807, 2.05) is 0 Å². The van der Waals surface area contributed by atoms with Crippen molar-refractivity contribution in [3.63, 3.8) is 0 Å². The van der Waals surface area contributed by atoms with Crippen LogP contribution in [0, 0.1) is 11.6 Å². The van der Waals surface area contributed by atoms with Gasteiger partial charge in [-0.05, 0) is 36.4 Å². The largest absolute Gasteiger partial charge is 0.492 e. The lowest BCUT2D eigenvalue weighted by Crippen LogP contribution is -2.12. The lowest BCUT2D eigenvalue weighted by Gasteiger charge is -2.09. The average molecular weight is 284 g/mol. The molecule has 5 heteroatoms. The molecule has 2 aromatic carbocycles. The Morgan fingerprint density at radius 1 is 1.05 bits per heavy atom. The van der Waals surface area contributed by atoms with E-state index in [0.717, 1.165) is 0 Å². The first-order chi connectivity index (χ1) is 9.16. The second-order valence-electron chi connectivity index (χ2n) is 3.83. The fourth-order valence-corrected chi connectivity index (χ4v) is 1.70. The molecule has 0 bridgehead atoms. The zero-order valence-corrected chi connectivity index (χ0v) is 10.8. The molecule has 0 aliphatic rings. The summed E-state index contributed by atoms with van der Waals surface area (Å²) in [7, 11) is 0. The second-order valence-corrected chi connectivity index (χ2v) is 4.24. The SMILES string of the molecule is Fc1ccc(OCCNc2cccc(Cl)c2F)cc1. The standard InChI is InChI=1S/C14H12ClF2NO/c15-12-2-1-3-13(14(12)17)18-8-9-19-11-6-4-10(16)5-7-11/h1-7,18H,8-9H2. The molecule has 0 spiro atoms. The molecule has 100 valence electrons. The van der Waals surface area contributed by atoms with Crippen molar-refractivity contribution >= 4 is 17.3 Å². The molecule has 0 aliphatic carbocycles. The van der Waals surface area contributed by atoms with Gasteiger partial charge in [-0.2, -0.15) is 0 Å². The van der Waals surface area contributed by atoms with Crippen LogP contribution in [0.4, 0.5) is 14.5 Å². The molecule has 0 heterocycles. The summed E-state index contributed by atoms with van der Waals surface area (Å²) in [5.41, 5.74) is 0.329. The van der Waals surface area contributed by atoms with E-state index in [2.05, 4.69) is 5.32 Å². The molecule has 2 rings (SSSR count). The molecule has 0 aromatic heterocycles. The van der Waals surface area contributed by atoms with E-state index in [1.165, 1.54) is 30.3 Å². The van der Waals surface area contributed by atoms with Gasteiger partial charge in [0.15, 0.2) is 5.82 Å². The number of nitrogens with one attached hydrogen (secondary N) is 1. The van der Waals surface area contributed by atoms with Gasteiger partial charge in [0.1, 0.15) is 18.2 Å². The minimum atomic E-state index is -0.481. The summed E-state index contributed by atoms with van der Waals surface area (Å²) in [6, 6.07) is 10.5. The van der Waals surface area contributed by atoms with Gasteiger partial charge in [-0.25, -0.2) is 8.78 Å². The summed E-state index contributed by atoms with van der Waals surface area (Å²) in [4.78, 5) is 0. The van der Waals surface area contributed by atoms with Crippen LogP contribution in [0.1, 0.15) is 0 Å². The van der Waals surface area contributed by atoms with Crippen LogP contribution >= 0.6 is 11.6 Å². The zero-order valence-electron chi connectivity index (χ0n) is 10.00. The lowest BCUT2D eigenvalue weighted by atomic mass is 10.3. The smallest absolute Gasteiger partial charge is 0.164 e. The van der Waals surface area contributed by atoms with Crippen LogP contribution in [0.5, 0.6) is 5.75 Å². The number of halogens is 3. The summed E-state index contributed by atoms with van der Waals surface area (Å²) in [5, 5.41) is 2.95. The summed E-state index contributed by atoms with van der Waals surface area (Å²) in [6.07, 6.45) is 0. The Kier molecular flexibility index (Phi) is 4.58. The summed E-state index contributed by atoms with van der Waals surface area (Å²) in [6.45, 7) is 0.742. The van der Waals surface area contributed by atoms with E-state index in [-0.39, 0.29) is 10.8 Å². The average Bonchev–Trinajstić information content (AvgIpc) is 2.41. The first-order valence-corrected chi connectivity index (χ1v) is 6.11. The van der Waals surface area contributed by atoms with Crippen LogP contribution in [-0.2, 0) is 0 Å². The van der Waals surface area contributed by atoms with Gasteiger partial charge >= 0.3 is 0 Å². The number of ether oxygens (including phenoxy) is 1. The molecule has 2 aromatic rings. The second kappa shape index (κ2) is 6.38. The van der Waals surface area contributed by atoms with Gasteiger partial charge < -0.3 is 10.1 Å². The maximum absolute atomic E-state index is 13.5. The topological polar surface area (TPSA) is 21.3 Å². The highest BCUT2D eigenvalue weighted by atomic mass is 35.5. The molecule has 0 saturated carbocycles. The van der Waals surface area contributed by atoms with Crippen LogP contribution in [0.2, 0.25) is 5.02 Å². The van der Waals surface area contributed by atoms with Crippen molar-refractivity contribution in [1.29, 1.82) is 0 Å². The number of hydrogen-bond donors (Lipinski definition) is 1. The Morgan fingerprint density at radius 3 is 2.53 bits per heavy atom. The number of anilines is 1. The van der Waals surface area contributed by atoms with Crippen molar-refractivity contribution in [2.45, 2.75) is 0 Å². The Morgan fingerprint density at radius 2 is 1.79 bits per heavy atom. The fraction of sp³-hybridized carbons (Fsp3) is 0.143. The Bertz CT molecular complexity index is 546. The fourth-order valence-electron chi connectivity index (χ4n) is 1.53. The predicted molar refractivity (Wildman–Crippen MR) is 71.8 cm³/mol. The van der Waals surface area contributed by atoms with Crippen LogP contribution in [0.15, 0.2) is 42.5 Å². The number of rotatable bonds is 5. The van der Waals surface area contributed by atoms with Crippen LogP contribution in [0.3, 0.4) is 0 Å². The zero-order chi connectivity index (χ0) is 13.7. The number of benzene rings is 2. The van der Waals surface area contributed by atoms with Crippen molar-refractivity contribution in [1.82, 2.24) is 0 Å². The summed E-state index contributed by atoms with van der Waals surface area (Å²) in [5.74, 6) is -0.229. The maximum Gasteiger partial charge on any atom is 0.164 e. The van der Waals surface area contributed by atoms with Crippen molar-refractivity contribution in [2.24, 2.45) is 0 Å². The Balaban J connectivity index is 1.81. The van der Waals surface area contributed by atoms with Crippen molar-refractivity contribution in [3.8, 4) is 5.75 Å². The van der Waals surface area contributed by atoms with Gasteiger partial charge in [-0.3, -0.25) is 0 Å². The normalized spacial score (nSPS) is 10.3. The third kappa shape index (κ3) is 3.83. The molecule has 0 fully saturated rings. The Labute approximate surface area is 115 Å². The van der Waals surface area contributed by atoms with Crippen molar-refractivity contribution in [2.75, 3.05) is 18.5 Å². The maximum atomic E-state index is 13.5. The van der Waals surface area contributed by atoms with E-state index in [4.69, 9.17) is 16.3 Å². The predicted octanol–water partition coefficient (Wildman–Crippen LogP) is 4.11. The van der Waals surface area contributed by atoms with E-state index in [9.17, 15) is 8.78 Å². The molecule has 0 aliphatic heterocycles.